The fourth-order valence-electron chi connectivity index (χ4n) is 3.51. The van der Waals surface area contributed by atoms with E-state index < -0.39 is 29.3 Å². The van der Waals surface area contributed by atoms with E-state index >= 15 is 0 Å². The lowest BCUT2D eigenvalue weighted by Crippen LogP contribution is -2.47. The number of amides is 2. The van der Waals surface area contributed by atoms with Gasteiger partial charge in [-0.25, -0.2) is 4.39 Å². The van der Waals surface area contributed by atoms with Gasteiger partial charge in [0.25, 0.3) is 0 Å². The molecule has 0 saturated carbocycles. The fraction of sp³-hybridized carbons (Fsp3) is 0.500. The zero-order valence-corrected chi connectivity index (χ0v) is 14.7. The molecule has 4 N–H and O–H groups in total. The van der Waals surface area contributed by atoms with Crippen LogP contribution < -0.4 is 15.5 Å². The van der Waals surface area contributed by atoms with Gasteiger partial charge in [0.05, 0.1) is 17.7 Å². The smallest absolute Gasteiger partial charge is 0.306 e. The summed E-state index contributed by atoms with van der Waals surface area (Å²) in [7, 11) is 0. The van der Waals surface area contributed by atoms with Crippen LogP contribution in [0.5, 0.6) is 0 Å². The monoisotopic (exact) mass is 379 g/mol. The fourth-order valence-corrected chi connectivity index (χ4v) is 3.51. The summed E-state index contributed by atoms with van der Waals surface area (Å²) in [6, 6.07) is 3.94. The van der Waals surface area contributed by atoms with Crippen molar-refractivity contribution in [1.29, 1.82) is 0 Å². The van der Waals surface area contributed by atoms with Gasteiger partial charge in [0.15, 0.2) is 0 Å². The summed E-state index contributed by atoms with van der Waals surface area (Å²) in [4.78, 5) is 35.6. The first-order valence-electron chi connectivity index (χ1n) is 8.85. The lowest BCUT2D eigenvalue weighted by Gasteiger charge is -2.38. The Balaban J connectivity index is 1.63. The Hall–Kier alpha value is -2.68. The number of aliphatic carboxylic acids is 1. The third kappa shape index (κ3) is 4.54. The number of hydrogen-bond donors (Lipinski definition) is 4. The van der Waals surface area contributed by atoms with Crippen molar-refractivity contribution in [2.75, 3.05) is 23.3 Å². The molecule has 0 bridgehead atoms. The molecule has 2 heterocycles. The number of anilines is 2. The van der Waals surface area contributed by atoms with Crippen LogP contribution in [0.4, 0.5) is 15.8 Å². The number of benzene rings is 1. The highest BCUT2D eigenvalue weighted by atomic mass is 19.1. The number of carbonyl (C=O) groups excluding carboxylic acids is 2. The molecule has 2 aliphatic heterocycles. The van der Waals surface area contributed by atoms with Crippen LogP contribution in [0.2, 0.25) is 0 Å². The maximum atomic E-state index is 14.6. The summed E-state index contributed by atoms with van der Waals surface area (Å²) >= 11 is 0. The Kier molecular flexibility index (Phi) is 5.31. The van der Waals surface area contributed by atoms with Crippen molar-refractivity contribution in [2.45, 2.75) is 43.7 Å². The van der Waals surface area contributed by atoms with E-state index in [1.807, 2.05) is 0 Å². The maximum Gasteiger partial charge on any atom is 0.306 e. The first-order chi connectivity index (χ1) is 12.8. The Morgan fingerprint density at radius 2 is 2.04 bits per heavy atom. The number of nitrogens with one attached hydrogen (secondary N) is 2. The molecule has 0 spiro atoms. The average Bonchev–Trinajstić information content (AvgIpc) is 2.58. The molecule has 2 fully saturated rings. The van der Waals surface area contributed by atoms with E-state index in [1.54, 1.807) is 17.0 Å². The second-order valence-electron chi connectivity index (χ2n) is 7.10. The zero-order chi connectivity index (χ0) is 19.6. The highest BCUT2D eigenvalue weighted by Crippen LogP contribution is 2.31. The van der Waals surface area contributed by atoms with E-state index in [1.165, 1.54) is 6.07 Å². The van der Waals surface area contributed by atoms with E-state index in [2.05, 4.69) is 10.6 Å². The van der Waals surface area contributed by atoms with E-state index in [0.29, 0.717) is 30.9 Å². The maximum absolute atomic E-state index is 14.6. The molecule has 0 radical (unpaired) electrons. The first kappa shape index (κ1) is 19.1. The standard InChI is InChI=1S/C18H22FN3O5/c19-12-9-11(20-13-2-4-15(23)21-17(13)26)1-3-14(12)22-7-5-18(27,6-8-22)10-16(24)25/h1,3,9,13,20,27H,2,4-8,10H2,(H,24,25)(H,21,23,26)/t13-/m1/s1. The van der Waals surface area contributed by atoms with Gasteiger partial charge in [-0.1, -0.05) is 0 Å². The number of rotatable bonds is 5. The molecule has 0 aromatic heterocycles. The Morgan fingerprint density at radius 3 is 2.63 bits per heavy atom. The Labute approximate surface area is 155 Å². The van der Waals surface area contributed by atoms with Crippen molar-refractivity contribution >= 4 is 29.2 Å². The van der Waals surface area contributed by atoms with Crippen LogP contribution >= 0.6 is 0 Å². The first-order valence-corrected chi connectivity index (χ1v) is 8.85. The van der Waals surface area contributed by atoms with Crippen molar-refractivity contribution in [3.63, 3.8) is 0 Å². The molecule has 9 heteroatoms. The molecule has 1 atom stereocenters. The molecule has 0 unspecified atom stereocenters. The Bertz CT molecular complexity index is 761. The number of imide groups is 1. The van der Waals surface area contributed by atoms with E-state index in [4.69, 9.17) is 5.11 Å². The average molecular weight is 379 g/mol. The van der Waals surface area contributed by atoms with Crippen LogP contribution in [0.1, 0.15) is 32.1 Å². The SMILES string of the molecule is O=C(O)CC1(O)CCN(c2ccc(N[C@@H]3CCC(=O)NC3=O)cc2F)CC1. The van der Waals surface area contributed by atoms with Crippen LogP contribution in [0.25, 0.3) is 0 Å². The van der Waals surface area contributed by atoms with Crippen molar-refractivity contribution in [3.8, 4) is 0 Å². The Morgan fingerprint density at radius 1 is 1.33 bits per heavy atom. The molecular formula is C18H22FN3O5. The van der Waals surface area contributed by atoms with Gasteiger partial charge < -0.3 is 20.4 Å². The minimum atomic E-state index is -1.26. The van der Waals surface area contributed by atoms with Crippen molar-refractivity contribution in [3.05, 3.63) is 24.0 Å². The van der Waals surface area contributed by atoms with Crippen LogP contribution in [0, 0.1) is 5.82 Å². The minimum Gasteiger partial charge on any atom is -0.481 e. The normalized spacial score (nSPS) is 22.3. The molecule has 2 saturated heterocycles. The molecule has 0 aliphatic carbocycles. The third-order valence-corrected chi connectivity index (χ3v) is 5.04. The van der Waals surface area contributed by atoms with Gasteiger partial charge in [-0.05, 0) is 37.5 Å². The molecule has 3 rings (SSSR count). The van der Waals surface area contributed by atoms with Crippen LogP contribution in [-0.4, -0.2) is 52.7 Å². The molecule has 2 amide bonds. The third-order valence-electron chi connectivity index (χ3n) is 5.04. The minimum absolute atomic E-state index is 0.233. The molecule has 146 valence electrons. The van der Waals surface area contributed by atoms with Crippen LogP contribution in [-0.2, 0) is 14.4 Å². The highest BCUT2D eigenvalue weighted by Gasteiger charge is 2.35. The summed E-state index contributed by atoms with van der Waals surface area (Å²) in [5.74, 6) is -2.27. The summed E-state index contributed by atoms with van der Waals surface area (Å²) < 4.78 is 14.6. The predicted molar refractivity (Wildman–Crippen MR) is 94.8 cm³/mol. The number of piperidine rings is 2. The van der Waals surface area contributed by atoms with Gasteiger partial charge in [0.2, 0.25) is 11.8 Å². The number of aliphatic hydroxyl groups is 1. The van der Waals surface area contributed by atoms with Crippen molar-refractivity contribution in [1.82, 2.24) is 5.32 Å². The van der Waals surface area contributed by atoms with E-state index in [0.717, 1.165) is 0 Å². The summed E-state index contributed by atoms with van der Waals surface area (Å²) in [6.45, 7) is 0.696. The van der Waals surface area contributed by atoms with Gasteiger partial charge >= 0.3 is 5.97 Å². The van der Waals surface area contributed by atoms with Crippen molar-refractivity contribution < 1.29 is 29.0 Å². The number of carboxylic acid groups (broad SMARTS) is 1. The molecule has 27 heavy (non-hydrogen) atoms. The second kappa shape index (κ2) is 7.51. The summed E-state index contributed by atoms with van der Waals surface area (Å²) in [6.07, 6.45) is 0.751. The quantitative estimate of drug-likeness (QED) is 0.560. The zero-order valence-electron chi connectivity index (χ0n) is 14.7. The molecule has 1 aromatic carbocycles. The van der Waals surface area contributed by atoms with Gasteiger partial charge in [-0.3, -0.25) is 19.7 Å². The molecule has 2 aliphatic rings. The highest BCUT2D eigenvalue weighted by molar-refractivity contribution is 6.01. The van der Waals surface area contributed by atoms with Gasteiger partial charge in [-0.15, -0.1) is 0 Å². The van der Waals surface area contributed by atoms with E-state index in [9.17, 15) is 23.9 Å². The van der Waals surface area contributed by atoms with E-state index in [-0.39, 0.29) is 31.6 Å². The number of carbonyl (C=O) groups is 3. The number of halogens is 1. The summed E-state index contributed by atoms with van der Waals surface area (Å²) in [5, 5.41) is 24.3. The number of nitrogens with zero attached hydrogens (tertiary/aromatic N) is 1. The van der Waals surface area contributed by atoms with Gasteiger partial charge in [-0.2, -0.15) is 0 Å². The predicted octanol–water partition coefficient (Wildman–Crippen LogP) is 0.849. The topological polar surface area (TPSA) is 119 Å². The van der Waals surface area contributed by atoms with Crippen LogP contribution in [0.3, 0.4) is 0 Å². The number of hydrogen-bond acceptors (Lipinski definition) is 6. The number of carboxylic acids is 1. The van der Waals surface area contributed by atoms with Gasteiger partial charge in [0.1, 0.15) is 11.9 Å². The molecule has 1 aromatic rings. The van der Waals surface area contributed by atoms with Crippen molar-refractivity contribution in [2.24, 2.45) is 0 Å². The van der Waals surface area contributed by atoms with Gasteiger partial charge in [0, 0.05) is 25.2 Å². The molecular weight excluding hydrogens is 357 g/mol. The summed E-state index contributed by atoms with van der Waals surface area (Å²) in [5.41, 5.74) is -0.460. The second-order valence-corrected chi connectivity index (χ2v) is 7.10. The van der Waals surface area contributed by atoms with Crippen LogP contribution in [0.15, 0.2) is 18.2 Å². The lowest BCUT2D eigenvalue weighted by molar-refractivity contribution is -0.143. The lowest BCUT2D eigenvalue weighted by atomic mass is 9.88. The largest absolute Gasteiger partial charge is 0.481 e. The molecule has 8 nitrogen and oxygen atoms in total.